The molecule has 0 atom stereocenters. The van der Waals surface area contributed by atoms with Crippen molar-refractivity contribution in [3.8, 4) is 0 Å². The van der Waals surface area contributed by atoms with Crippen LogP contribution in [0.5, 0.6) is 0 Å². The van der Waals surface area contributed by atoms with Gasteiger partial charge in [-0.15, -0.1) is 11.3 Å². The minimum absolute atomic E-state index is 0.208. The lowest BCUT2D eigenvalue weighted by Crippen LogP contribution is -2.18. The molecule has 0 saturated heterocycles. The van der Waals surface area contributed by atoms with Crippen molar-refractivity contribution >= 4 is 17.3 Å². The number of carbonyl (C=O) groups excluding carboxylic acids is 1. The normalized spacial score (nSPS) is 10.2. The van der Waals surface area contributed by atoms with Crippen molar-refractivity contribution in [2.24, 2.45) is 0 Å². The molecule has 1 aromatic rings. The molecule has 1 heterocycles. The highest BCUT2D eigenvalue weighted by Crippen LogP contribution is 2.09. The lowest BCUT2D eigenvalue weighted by Gasteiger charge is -2.04. The molecule has 1 N–H and O–H groups in total. The standard InChI is InChI=1S/C11H17NO2S/c1-2-6-12-7-4-8-14-11(13)10-5-3-9-15-10/h3,5,9,12H,2,4,6-8H2,1H3. The van der Waals surface area contributed by atoms with Gasteiger partial charge in [0.2, 0.25) is 0 Å². The number of nitrogens with one attached hydrogen (secondary N) is 1. The van der Waals surface area contributed by atoms with Gasteiger partial charge in [0.15, 0.2) is 0 Å². The topological polar surface area (TPSA) is 38.3 Å². The molecule has 0 aliphatic carbocycles. The fourth-order valence-corrected chi connectivity index (χ4v) is 1.75. The van der Waals surface area contributed by atoms with Gasteiger partial charge >= 0.3 is 5.97 Å². The Balaban J connectivity index is 2.03. The van der Waals surface area contributed by atoms with Gasteiger partial charge in [-0.1, -0.05) is 13.0 Å². The SMILES string of the molecule is CCCNCCCOC(=O)c1cccs1. The Labute approximate surface area is 94.5 Å². The second kappa shape index (κ2) is 7.43. The quantitative estimate of drug-likeness (QED) is 0.574. The molecule has 1 aromatic heterocycles. The van der Waals surface area contributed by atoms with Crippen LogP contribution in [-0.2, 0) is 4.74 Å². The van der Waals surface area contributed by atoms with E-state index in [4.69, 9.17) is 4.74 Å². The number of hydrogen-bond acceptors (Lipinski definition) is 4. The van der Waals surface area contributed by atoms with Crippen molar-refractivity contribution < 1.29 is 9.53 Å². The summed E-state index contributed by atoms with van der Waals surface area (Å²) in [7, 11) is 0. The summed E-state index contributed by atoms with van der Waals surface area (Å²) in [6.07, 6.45) is 2.01. The Hall–Kier alpha value is -0.870. The number of thiophene rings is 1. The lowest BCUT2D eigenvalue weighted by atomic mass is 10.4. The monoisotopic (exact) mass is 227 g/mol. The molecule has 0 radical (unpaired) electrons. The highest BCUT2D eigenvalue weighted by Gasteiger charge is 2.06. The summed E-state index contributed by atoms with van der Waals surface area (Å²) in [6, 6.07) is 3.63. The van der Waals surface area contributed by atoms with Crippen LogP contribution in [0.4, 0.5) is 0 Å². The Kier molecular flexibility index (Phi) is 6.04. The predicted octanol–water partition coefficient (Wildman–Crippen LogP) is 2.29. The maximum Gasteiger partial charge on any atom is 0.348 e. The molecular formula is C11H17NO2S. The van der Waals surface area contributed by atoms with Gasteiger partial charge in [0.25, 0.3) is 0 Å². The highest BCUT2D eigenvalue weighted by atomic mass is 32.1. The van der Waals surface area contributed by atoms with E-state index in [1.54, 1.807) is 6.07 Å². The molecule has 0 spiro atoms. The molecule has 15 heavy (non-hydrogen) atoms. The van der Waals surface area contributed by atoms with E-state index in [2.05, 4.69) is 12.2 Å². The van der Waals surface area contributed by atoms with Crippen molar-refractivity contribution in [1.29, 1.82) is 0 Å². The van der Waals surface area contributed by atoms with Crippen LogP contribution in [0.2, 0.25) is 0 Å². The first kappa shape index (κ1) is 12.2. The minimum Gasteiger partial charge on any atom is -0.461 e. The molecular weight excluding hydrogens is 210 g/mol. The van der Waals surface area contributed by atoms with Crippen molar-refractivity contribution in [3.63, 3.8) is 0 Å². The first-order valence-corrected chi connectivity index (χ1v) is 6.14. The number of ether oxygens (including phenoxy) is 1. The molecule has 4 heteroatoms. The molecule has 0 aliphatic rings. The van der Waals surface area contributed by atoms with Gasteiger partial charge < -0.3 is 10.1 Å². The molecule has 84 valence electrons. The lowest BCUT2D eigenvalue weighted by molar-refractivity contribution is 0.0506. The molecule has 0 fully saturated rings. The summed E-state index contributed by atoms with van der Waals surface area (Å²) in [5.74, 6) is -0.208. The molecule has 3 nitrogen and oxygen atoms in total. The van der Waals surface area contributed by atoms with Gasteiger partial charge in [-0.3, -0.25) is 0 Å². The zero-order valence-corrected chi connectivity index (χ0v) is 9.81. The summed E-state index contributed by atoms with van der Waals surface area (Å²) in [6.45, 7) is 4.56. The van der Waals surface area contributed by atoms with Crippen LogP contribution in [0.3, 0.4) is 0 Å². The van der Waals surface area contributed by atoms with E-state index in [1.165, 1.54) is 11.3 Å². The third-order valence-corrected chi connectivity index (χ3v) is 2.73. The smallest absolute Gasteiger partial charge is 0.348 e. The third kappa shape index (κ3) is 4.95. The van der Waals surface area contributed by atoms with Gasteiger partial charge in [-0.25, -0.2) is 4.79 Å². The molecule has 0 aromatic carbocycles. The predicted molar refractivity (Wildman–Crippen MR) is 62.4 cm³/mol. The van der Waals surface area contributed by atoms with E-state index in [1.807, 2.05) is 11.4 Å². The number of esters is 1. The number of carbonyl (C=O) groups is 1. The van der Waals surface area contributed by atoms with E-state index >= 15 is 0 Å². The zero-order chi connectivity index (χ0) is 10.9. The average Bonchev–Trinajstić information content (AvgIpc) is 2.76. The Morgan fingerprint density at radius 2 is 2.40 bits per heavy atom. The van der Waals surface area contributed by atoms with Gasteiger partial charge in [0.05, 0.1) is 6.61 Å². The van der Waals surface area contributed by atoms with Gasteiger partial charge in [-0.2, -0.15) is 0 Å². The highest BCUT2D eigenvalue weighted by molar-refractivity contribution is 7.11. The summed E-state index contributed by atoms with van der Waals surface area (Å²) < 4.78 is 5.10. The average molecular weight is 227 g/mol. The van der Waals surface area contributed by atoms with Crippen molar-refractivity contribution in [2.75, 3.05) is 19.7 Å². The van der Waals surface area contributed by atoms with Gasteiger partial charge in [0.1, 0.15) is 4.88 Å². The Morgan fingerprint density at radius 1 is 1.53 bits per heavy atom. The first-order chi connectivity index (χ1) is 7.34. The molecule has 0 amide bonds. The largest absolute Gasteiger partial charge is 0.461 e. The second-order valence-electron chi connectivity index (χ2n) is 3.22. The number of hydrogen-bond donors (Lipinski definition) is 1. The van der Waals surface area contributed by atoms with E-state index in [-0.39, 0.29) is 5.97 Å². The summed E-state index contributed by atoms with van der Waals surface area (Å²) in [5.41, 5.74) is 0. The Bertz CT molecular complexity index is 272. The van der Waals surface area contributed by atoms with E-state index in [0.717, 1.165) is 25.9 Å². The fraction of sp³-hybridized carbons (Fsp3) is 0.545. The van der Waals surface area contributed by atoms with Crippen LogP contribution in [0, 0.1) is 0 Å². The van der Waals surface area contributed by atoms with Crippen LogP contribution in [0.1, 0.15) is 29.4 Å². The third-order valence-electron chi connectivity index (χ3n) is 1.88. The Morgan fingerprint density at radius 3 is 3.07 bits per heavy atom. The van der Waals surface area contributed by atoms with Crippen LogP contribution < -0.4 is 5.32 Å². The maximum absolute atomic E-state index is 11.4. The summed E-state index contributed by atoms with van der Waals surface area (Å²) in [5, 5.41) is 5.13. The van der Waals surface area contributed by atoms with E-state index < -0.39 is 0 Å². The minimum atomic E-state index is -0.208. The summed E-state index contributed by atoms with van der Waals surface area (Å²) >= 11 is 1.41. The first-order valence-electron chi connectivity index (χ1n) is 5.26. The van der Waals surface area contributed by atoms with Gasteiger partial charge in [-0.05, 0) is 37.4 Å². The van der Waals surface area contributed by atoms with Crippen molar-refractivity contribution in [3.05, 3.63) is 22.4 Å². The van der Waals surface area contributed by atoms with E-state index in [0.29, 0.717) is 11.5 Å². The van der Waals surface area contributed by atoms with Crippen LogP contribution in [0.25, 0.3) is 0 Å². The van der Waals surface area contributed by atoms with Crippen LogP contribution in [0.15, 0.2) is 17.5 Å². The van der Waals surface area contributed by atoms with Crippen molar-refractivity contribution in [1.82, 2.24) is 5.32 Å². The van der Waals surface area contributed by atoms with Gasteiger partial charge in [0, 0.05) is 0 Å². The molecule has 0 aliphatic heterocycles. The fourth-order valence-electron chi connectivity index (χ4n) is 1.13. The zero-order valence-electron chi connectivity index (χ0n) is 8.99. The molecule has 1 rings (SSSR count). The van der Waals surface area contributed by atoms with Crippen molar-refractivity contribution in [2.45, 2.75) is 19.8 Å². The number of rotatable bonds is 7. The second-order valence-corrected chi connectivity index (χ2v) is 4.16. The molecule has 0 saturated carbocycles. The molecule has 0 bridgehead atoms. The summed E-state index contributed by atoms with van der Waals surface area (Å²) in [4.78, 5) is 12.0. The van der Waals surface area contributed by atoms with E-state index in [9.17, 15) is 4.79 Å². The van der Waals surface area contributed by atoms with Crippen LogP contribution >= 0.6 is 11.3 Å². The van der Waals surface area contributed by atoms with Crippen LogP contribution in [-0.4, -0.2) is 25.7 Å². The molecule has 0 unspecified atom stereocenters. The maximum atomic E-state index is 11.4.